The second-order valence-electron chi connectivity index (χ2n) is 6.87. The molecule has 0 N–H and O–H groups in total. The van der Waals surface area contributed by atoms with Gasteiger partial charge in [-0.25, -0.2) is 0 Å². The van der Waals surface area contributed by atoms with Gasteiger partial charge in [0.1, 0.15) is 0 Å². The van der Waals surface area contributed by atoms with Gasteiger partial charge in [-0.2, -0.15) is 0 Å². The lowest BCUT2D eigenvalue weighted by atomic mass is 10.0. The number of hydrogen-bond acceptors (Lipinski definition) is 2. The fraction of sp³-hybridized carbons (Fsp3) is 0.381. The lowest BCUT2D eigenvalue weighted by Crippen LogP contribution is -2.48. The van der Waals surface area contributed by atoms with Crippen molar-refractivity contribution in [1.82, 2.24) is 9.80 Å². The molecular weight excluding hydrogens is 296 g/mol. The number of amides is 1. The molecule has 1 fully saturated rings. The van der Waals surface area contributed by atoms with Crippen LogP contribution < -0.4 is 0 Å². The molecule has 2 aromatic rings. The first kappa shape index (κ1) is 16.7. The normalized spacial score (nSPS) is 15.5. The van der Waals surface area contributed by atoms with Gasteiger partial charge in [0.2, 0.25) is 0 Å². The molecule has 0 radical (unpaired) electrons. The molecule has 0 unspecified atom stereocenters. The van der Waals surface area contributed by atoms with Gasteiger partial charge in [-0.1, -0.05) is 47.5 Å². The number of hydrogen-bond donors (Lipinski definition) is 0. The molecular formula is C21H26N2O. The maximum Gasteiger partial charge on any atom is 0.254 e. The monoisotopic (exact) mass is 322 g/mol. The van der Waals surface area contributed by atoms with Crippen LogP contribution in [0.2, 0.25) is 0 Å². The van der Waals surface area contributed by atoms with Gasteiger partial charge in [0.15, 0.2) is 0 Å². The minimum Gasteiger partial charge on any atom is -0.336 e. The van der Waals surface area contributed by atoms with Gasteiger partial charge in [0.05, 0.1) is 0 Å². The highest BCUT2D eigenvalue weighted by molar-refractivity contribution is 5.95. The van der Waals surface area contributed by atoms with E-state index in [1.165, 1.54) is 16.7 Å². The van der Waals surface area contributed by atoms with Gasteiger partial charge in [-0.15, -0.1) is 0 Å². The van der Waals surface area contributed by atoms with Crippen molar-refractivity contribution >= 4 is 5.91 Å². The molecule has 24 heavy (non-hydrogen) atoms. The van der Waals surface area contributed by atoms with Gasteiger partial charge in [0.25, 0.3) is 5.91 Å². The summed E-state index contributed by atoms with van der Waals surface area (Å²) >= 11 is 0. The minimum atomic E-state index is 0.169. The Bertz CT molecular complexity index is 713. The van der Waals surface area contributed by atoms with Crippen LogP contribution in [0.1, 0.15) is 32.6 Å². The lowest BCUT2D eigenvalue weighted by molar-refractivity contribution is 0.0628. The van der Waals surface area contributed by atoms with Crippen LogP contribution in [0.5, 0.6) is 0 Å². The Morgan fingerprint density at radius 2 is 1.50 bits per heavy atom. The third kappa shape index (κ3) is 3.85. The summed E-state index contributed by atoms with van der Waals surface area (Å²) in [4.78, 5) is 17.2. The van der Waals surface area contributed by atoms with E-state index < -0.39 is 0 Å². The van der Waals surface area contributed by atoms with Crippen molar-refractivity contribution in [3.05, 3.63) is 70.3 Å². The zero-order valence-corrected chi connectivity index (χ0v) is 14.9. The van der Waals surface area contributed by atoms with Crippen LogP contribution in [0, 0.1) is 20.8 Å². The van der Waals surface area contributed by atoms with Crippen LogP contribution >= 0.6 is 0 Å². The minimum absolute atomic E-state index is 0.169. The standard InChI is InChI=1S/C21H26N2O/c1-16-4-7-19(8-5-16)15-22-10-12-23(13-11-22)21(24)20-9-6-17(2)14-18(20)3/h4-9,14H,10-13,15H2,1-3H3. The number of nitrogens with zero attached hydrogens (tertiary/aromatic N) is 2. The summed E-state index contributed by atoms with van der Waals surface area (Å²) in [5, 5.41) is 0. The van der Waals surface area contributed by atoms with E-state index in [0.717, 1.165) is 43.9 Å². The van der Waals surface area contributed by atoms with Crippen LogP contribution in [-0.4, -0.2) is 41.9 Å². The van der Waals surface area contributed by atoms with Crippen LogP contribution in [-0.2, 0) is 6.54 Å². The van der Waals surface area contributed by atoms with Crippen molar-refractivity contribution in [3.63, 3.8) is 0 Å². The van der Waals surface area contributed by atoms with E-state index in [2.05, 4.69) is 49.1 Å². The molecule has 3 heteroatoms. The molecule has 0 saturated carbocycles. The summed E-state index contributed by atoms with van der Waals surface area (Å²) in [5.74, 6) is 0.169. The maximum atomic E-state index is 12.7. The molecule has 1 aliphatic heterocycles. The number of carbonyl (C=O) groups excluding carboxylic acids is 1. The van der Waals surface area contributed by atoms with E-state index in [9.17, 15) is 4.79 Å². The molecule has 3 rings (SSSR count). The molecule has 1 heterocycles. The summed E-state index contributed by atoms with van der Waals surface area (Å²) in [6.45, 7) is 10.6. The summed E-state index contributed by atoms with van der Waals surface area (Å²) in [6.07, 6.45) is 0. The molecule has 2 aromatic carbocycles. The van der Waals surface area contributed by atoms with Crippen LogP contribution in [0.15, 0.2) is 42.5 Å². The molecule has 126 valence electrons. The van der Waals surface area contributed by atoms with Gasteiger partial charge < -0.3 is 4.90 Å². The Hall–Kier alpha value is -2.13. The number of aryl methyl sites for hydroxylation is 3. The zero-order valence-electron chi connectivity index (χ0n) is 14.9. The van der Waals surface area contributed by atoms with E-state index in [1.54, 1.807) is 0 Å². The topological polar surface area (TPSA) is 23.6 Å². The Balaban J connectivity index is 1.58. The summed E-state index contributed by atoms with van der Waals surface area (Å²) < 4.78 is 0. The molecule has 0 spiro atoms. The van der Waals surface area contributed by atoms with E-state index in [4.69, 9.17) is 0 Å². The second-order valence-corrected chi connectivity index (χ2v) is 6.87. The van der Waals surface area contributed by atoms with Gasteiger partial charge in [-0.05, 0) is 38.0 Å². The van der Waals surface area contributed by atoms with Crippen LogP contribution in [0.25, 0.3) is 0 Å². The van der Waals surface area contributed by atoms with Crippen LogP contribution in [0.3, 0.4) is 0 Å². The first-order chi connectivity index (χ1) is 11.5. The van der Waals surface area contributed by atoms with Crippen molar-refractivity contribution in [2.24, 2.45) is 0 Å². The molecule has 0 bridgehead atoms. The van der Waals surface area contributed by atoms with Crippen molar-refractivity contribution in [2.75, 3.05) is 26.2 Å². The predicted molar refractivity (Wildman–Crippen MR) is 98.3 cm³/mol. The molecule has 1 aliphatic rings. The Morgan fingerprint density at radius 1 is 0.875 bits per heavy atom. The smallest absolute Gasteiger partial charge is 0.254 e. The van der Waals surface area contributed by atoms with Crippen molar-refractivity contribution < 1.29 is 4.79 Å². The lowest BCUT2D eigenvalue weighted by Gasteiger charge is -2.35. The van der Waals surface area contributed by atoms with Gasteiger partial charge >= 0.3 is 0 Å². The average Bonchev–Trinajstić information content (AvgIpc) is 2.57. The number of rotatable bonds is 3. The SMILES string of the molecule is Cc1ccc(CN2CCN(C(=O)c3ccc(C)cc3C)CC2)cc1. The predicted octanol–water partition coefficient (Wildman–Crippen LogP) is 3.57. The number of benzene rings is 2. The highest BCUT2D eigenvalue weighted by Gasteiger charge is 2.23. The van der Waals surface area contributed by atoms with Gasteiger partial charge in [-0.3, -0.25) is 9.69 Å². The summed E-state index contributed by atoms with van der Waals surface area (Å²) in [6, 6.07) is 14.8. The summed E-state index contributed by atoms with van der Waals surface area (Å²) in [7, 11) is 0. The first-order valence-corrected chi connectivity index (χ1v) is 8.67. The van der Waals surface area contributed by atoms with Crippen molar-refractivity contribution in [1.29, 1.82) is 0 Å². The fourth-order valence-electron chi connectivity index (χ4n) is 3.28. The molecule has 0 aromatic heterocycles. The van der Waals surface area contributed by atoms with E-state index in [1.807, 2.05) is 24.0 Å². The third-order valence-electron chi connectivity index (χ3n) is 4.80. The van der Waals surface area contributed by atoms with Gasteiger partial charge in [0, 0.05) is 38.3 Å². The van der Waals surface area contributed by atoms with Crippen molar-refractivity contribution in [3.8, 4) is 0 Å². The zero-order chi connectivity index (χ0) is 17.1. The Morgan fingerprint density at radius 3 is 2.12 bits per heavy atom. The summed E-state index contributed by atoms with van der Waals surface area (Å²) in [5.41, 5.74) is 5.75. The Kier molecular flexibility index (Phi) is 5.00. The van der Waals surface area contributed by atoms with Crippen LogP contribution in [0.4, 0.5) is 0 Å². The Labute approximate surface area is 144 Å². The average molecular weight is 322 g/mol. The fourth-order valence-corrected chi connectivity index (χ4v) is 3.28. The number of carbonyl (C=O) groups is 1. The number of piperazine rings is 1. The third-order valence-corrected chi connectivity index (χ3v) is 4.80. The first-order valence-electron chi connectivity index (χ1n) is 8.67. The maximum absolute atomic E-state index is 12.7. The van der Waals surface area contributed by atoms with Crippen molar-refractivity contribution in [2.45, 2.75) is 27.3 Å². The molecule has 1 amide bonds. The molecule has 0 aliphatic carbocycles. The quantitative estimate of drug-likeness (QED) is 0.862. The molecule has 3 nitrogen and oxygen atoms in total. The highest BCUT2D eigenvalue weighted by atomic mass is 16.2. The second kappa shape index (κ2) is 7.18. The van der Waals surface area contributed by atoms with E-state index >= 15 is 0 Å². The highest BCUT2D eigenvalue weighted by Crippen LogP contribution is 2.16. The largest absolute Gasteiger partial charge is 0.336 e. The van der Waals surface area contributed by atoms with E-state index in [-0.39, 0.29) is 5.91 Å². The molecule has 0 atom stereocenters. The molecule has 1 saturated heterocycles. The van der Waals surface area contributed by atoms with E-state index in [0.29, 0.717) is 0 Å².